The van der Waals surface area contributed by atoms with E-state index in [-0.39, 0.29) is 17.4 Å². The lowest BCUT2D eigenvalue weighted by Gasteiger charge is -2.25. The molecule has 1 amide bonds. The summed E-state index contributed by atoms with van der Waals surface area (Å²) in [7, 11) is -3.49. The number of anilines is 1. The van der Waals surface area contributed by atoms with Gasteiger partial charge in [0.25, 0.3) is 5.91 Å². The maximum atomic E-state index is 12.7. The predicted molar refractivity (Wildman–Crippen MR) is 130 cm³/mol. The molecule has 172 valence electrons. The van der Waals surface area contributed by atoms with E-state index in [0.29, 0.717) is 24.5 Å². The number of nitrogens with zero attached hydrogens (tertiary/aromatic N) is 1. The standard InChI is InChI=1S/C25H26N2O4S2/c28-25(26-23-11-5-6-12-24(23)32-21-9-3-1-4-10-21)19-31-20-13-15-22(16-14-20)33(29,30)27-17-7-2-8-18-27/h1,3-6,9-16H,2,7-8,17-19H2,(H,26,28). The van der Waals surface area contributed by atoms with Gasteiger partial charge < -0.3 is 10.1 Å². The van der Waals surface area contributed by atoms with Gasteiger partial charge in [-0.3, -0.25) is 4.79 Å². The number of para-hydroxylation sites is 1. The number of benzene rings is 3. The Balaban J connectivity index is 1.34. The molecule has 1 N–H and O–H groups in total. The summed E-state index contributed by atoms with van der Waals surface area (Å²) in [4.78, 5) is 14.7. The van der Waals surface area contributed by atoms with Crippen molar-refractivity contribution in [1.29, 1.82) is 0 Å². The SMILES string of the molecule is O=C(COc1ccc(S(=O)(=O)N2CCCCC2)cc1)Nc1ccccc1Sc1ccccc1. The first-order valence-electron chi connectivity index (χ1n) is 10.9. The molecule has 0 atom stereocenters. The molecule has 4 rings (SSSR count). The number of carbonyl (C=O) groups excluding carboxylic acids is 1. The van der Waals surface area contributed by atoms with Crippen molar-refractivity contribution in [2.24, 2.45) is 0 Å². The average molecular weight is 483 g/mol. The zero-order valence-electron chi connectivity index (χ0n) is 18.1. The van der Waals surface area contributed by atoms with Gasteiger partial charge >= 0.3 is 0 Å². The van der Waals surface area contributed by atoms with E-state index in [1.54, 1.807) is 23.9 Å². The summed E-state index contributed by atoms with van der Waals surface area (Å²) in [6.45, 7) is 0.943. The summed E-state index contributed by atoms with van der Waals surface area (Å²) >= 11 is 1.57. The van der Waals surface area contributed by atoms with Gasteiger partial charge in [0.05, 0.1) is 10.6 Å². The third kappa shape index (κ3) is 6.16. The molecule has 0 aromatic heterocycles. The summed E-state index contributed by atoms with van der Waals surface area (Å²) in [5.74, 6) is 0.149. The summed E-state index contributed by atoms with van der Waals surface area (Å²) in [6.07, 6.45) is 2.85. The van der Waals surface area contributed by atoms with Crippen molar-refractivity contribution in [2.45, 2.75) is 33.9 Å². The molecular weight excluding hydrogens is 456 g/mol. The molecule has 0 spiro atoms. The highest BCUT2D eigenvalue weighted by Gasteiger charge is 2.25. The minimum absolute atomic E-state index is 0.178. The minimum atomic E-state index is -3.49. The molecule has 0 aliphatic carbocycles. The molecule has 3 aromatic rings. The molecule has 1 fully saturated rings. The average Bonchev–Trinajstić information content (AvgIpc) is 2.85. The van der Waals surface area contributed by atoms with Crippen LogP contribution in [0.5, 0.6) is 5.75 Å². The lowest BCUT2D eigenvalue weighted by Crippen LogP contribution is -2.35. The molecule has 33 heavy (non-hydrogen) atoms. The molecular formula is C25H26N2O4S2. The van der Waals surface area contributed by atoms with Gasteiger partial charge in [0, 0.05) is 22.9 Å². The van der Waals surface area contributed by atoms with E-state index in [4.69, 9.17) is 4.74 Å². The Morgan fingerprint density at radius 1 is 0.879 bits per heavy atom. The van der Waals surface area contributed by atoms with Gasteiger partial charge in [0.15, 0.2) is 6.61 Å². The normalized spacial score (nSPS) is 14.5. The molecule has 8 heteroatoms. The van der Waals surface area contributed by atoms with E-state index in [2.05, 4.69) is 5.32 Å². The number of sulfonamides is 1. The van der Waals surface area contributed by atoms with E-state index in [1.165, 1.54) is 16.4 Å². The third-order valence-corrected chi connectivity index (χ3v) is 8.28. The maximum absolute atomic E-state index is 12.7. The van der Waals surface area contributed by atoms with Crippen LogP contribution in [0.25, 0.3) is 0 Å². The summed E-state index contributed by atoms with van der Waals surface area (Å²) < 4.78 is 32.6. The van der Waals surface area contributed by atoms with E-state index < -0.39 is 10.0 Å². The van der Waals surface area contributed by atoms with Crippen LogP contribution in [0.1, 0.15) is 19.3 Å². The first-order chi connectivity index (χ1) is 16.0. The number of amides is 1. The van der Waals surface area contributed by atoms with Gasteiger partial charge in [-0.2, -0.15) is 4.31 Å². The minimum Gasteiger partial charge on any atom is -0.484 e. The maximum Gasteiger partial charge on any atom is 0.262 e. The van der Waals surface area contributed by atoms with Crippen molar-refractivity contribution in [3.05, 3.63) is 78.9 Å². The molecule has 0 radical (unpaired) electrons. The van der Waals surface area contributed by atoms with Crippen LogP contribution in [0.4, 0.5) is 5.69 Å². The fraction of sp³-hybridized carbons (Fsp3) is 0.240. The molecule has 0 saturated carbocycles. The summed E-state index contributed by atoms with van der Waals surface area (Å²) in [5.41, 5.74) is 0.711. The predicted octanol–water partition coefficient (Wildman–Crippen LogP) is 5.03. The number of hydrogen-bond donors (Lipinski definition) is 1. The van der Waals surface area contributed by atoms with Gasteiger partial charge in [-0.25, -0.2) is 8.42 Å². The Morgan fingerprint density at radius 3 is 2.27 bits per heavy atom. The van der Waals surface area contributed by atoms with E-state index in [9.17, 15) is 13.2 Å². The van der Waals surface area contributed by atoms with Crippen molar-refractivity contribution in [3.8, 4) is 5.75 Å². The number of hydrogen-bond acceptors (Lipinski definition) is 5. The molecule has 6 nitrogen and oxygen atoms in total. The molecule has 0 unspecified atom stereocenters. The van der Waals surface area contributed by atoms with Gasteiger partial charge in [-0.15, -0.1) is 0 Å². The van der Waals surface area contributed by atoms with Crippen molar-refractivity contribution < 1.29 is 17.9 Å². The second kappa shape index (κ2) is 10.9. The Hall–Kier alpha value is -2.81. The van der Waals surface area contributed by atoms with Crippen molar-refractivity contribution >= 4 is 33.4 Å². The summed E-state index contributed by atoms with van der Waals surface area (Å²) in [5, 5.41) is 2.89. The molecule has 0 bridgehead atoms. The van der Waals surface area contributed by atoms with Crippen molar-refractivity contribution in [3.63, 3.8) is 0 Å². The largest absolute Gasteiger partial charge is 0.484 e. The van der Waals surface area contributed by atoms with E-state index in [1.807, 2.05) is 54.6 Å². The van der Waals surface area contributed by atoms with Crippen LogP contribution in [-0.2, 0) is 14.8 Å². The monoisotopic (exact) mass is 482 g/mol. The van der Waals surface area contributed by atoms with Crippen LogP contribution in [0, 0.1) is 0 Å². The molecule has 1 aliphatic rings. The van der Waals surface area contributed by atoms with Crippen LogP contribution < -0.4 is 10.1 Å². The smallest absolute Gasteiger partial charge is 0.262 e. The quantitative estimate of drug-likeness (QED) is 0.487. The Morgan fingerprint density at radius 2 is 1.55 bits per heavy atom. The lowest BCUT2D eigenvalue weighted by molar-refractivity contribution is -0.118. The van der Waals surface area contributed by atoms with E-state index in [0.717, 1.165) is 29.1 Å². The van der Waals surface area contributed by atoms with Gasteiger partial charge in [-0.05, 0) is 61.4 Å². The Bertz CT molecular complexity index is 1180. The zero-order chi connectivity index (χ0) is 23.1. The van der Waals surface area contributed by atoms with Gasteiger partial charge in [0.2, 0.25) is 10.0 Å². The lowest BCUT2D eigenvalue weighted by atomic mass is 10.2. The van der Waals surface area contributed by atoms with Crippen LogP contribution in [-0.4, -0.2) is 38.3 Å². The highest BCUT2D eigenvalue weighted by atomic mass is 32.2. The first kappa shape index (κ1) is 23.4. The fourth-order valence-electron chi connectivity index (χ4n) is 3.57. The summed E-state index contributed by atoms with van der Waals surface area (Å²) in [6, 6.07) is 23.8. The Kier molecular flexibility index (Phi) is 7.69. The van der Waals surface area contributed by atoms with Crippen molar-refractivity contribution in [1.82, 2.24) is 4.31 Å². The van der Waals surface area contributed by atoms with Crippen LogP contribution >= 0.6 is 11.8 Å². The topological polar surface area (TPSA) is 75.7 Å². The van der Waals surface area contributed by atoms with Crippen LogP contribution in [0.15, 0.2) is 93.5 Å². The molecule has 1 aliphatic heterocycles. The van der Waals surface area contributed by atoms with Crippen LogP contribution in [0.2, 0.25) is 0 Å². The van der Waals surface area contributed by atoms with Crippen LogP contribution in [0.3, 0.4) is 0 Å². The van der Waals surface area contributed by atoms with Gasteiger partial charge in [0.1, 0.15) is 5.75 Å². The van der Waals surface area contributed by atoms with Crippen molar-refractivity contribution in [2.75, 3.05) is 25.0 Å². The zero-order valence-corrected chi connectivity index (χ0v) is 19.8. The van der Waals surface area contributed by atoms with E-state index >= 15 is 0 Å². The Labute approximate surface area is 199 Å². The molecule has 1 saturated heterocycles. The highest BCUT2D eigenvalue weighted by molar-refractivity contribution is 7.99. The second-order valence-electron chi connectivity index (χ2n) is 7.68. The third-order valence-electron chi connectivity index (χ3n) is 5.28. The molecule has 1 heterocycles. The number of ether oxygens (including phenoxy) is 1. The van der Waals surface area contributed by atoms with Gasteiger partial charge in [-0.1, -0.05) is 48.5 Å². The fourth-order valence-corrected chi connectivity index (χ4v) is 6.01. The molecule has 3 aromatic carbocycles. The number of piperidine rings is 1. The first-order valence-corrected chi connectivity index (χ1v) is 13.1. The second-order valence-corrected chi connectivity index (χ2v) is 10.7. The number of rotatable bonds is 8. The number of carbonyl (C=O) groups is 1. The highest BCUT2D eigenvalue weighted by Crippen LogP contribution is 2.33. The number of nitrogens with one attached hydrogen (secondary N) is 1.